The maximum absolute atomic E-state index is 12.8. The number of methoxy groups -OCH3 is 1. The van der Waals surface area contributed by atoms with Gasteiger partial charge in [0.15, 0.2) is 11.0 Å². The highest BCUT2D eigenvalue weighted by Crippen LogP contribution is 2.30. The molecule has 4 aromatic rings. The summed E-state index contributed by atoms with van der Waals surface area (Å²) in [4.78, 5) is 14.4. The molecule has 0 N–H and O–H groups in total. The van der Waals surface area contributed by atoms with Gasteiger partial charge in [0, 0.05) is 23.3 Å². The first-order valence-electron chi connectivity index (χ1n) is 10.2. The first kappa shape index (κ1) is 22.9. The summed E-state index contributed by atoms with van der Waals surface area (Å²) < 4.78 is 12.9. The number of furan rings is 1. The van der Waals surface area contributed by atoms with Crippen molar-refractivity contribution in [2.45, 2.75) is 18.6 Å². The van der Waals surface area contributed by atoms with Crippen LogP contribution in [0.4, 0.5) is 0 Å². The van der Waals surface area contributed by atoms with E-state index in [1.54, 1.807) is 19.1 Å². The van der Waals surface area contributed by atoms with E-state index < -0.39 is 0 Å². The summed E-state index contributed by atoms with van der Waals surface area (Å²) in [5, 5.41) is 10.0. The zero-order valence-electron chi connectivity index (χ0n) is 18.5. The molecular weight excluding hydrogens is 460 g/mol. The van der Waals surface area contributed by atoms with E-state index >= 15 is 0 Å². The first-order chi connectivity index (χ1) is 15.9. The number of carbonyl (C=O) groups excluding carboxylic acids is 1. The van der Waals surface area contributed by atoms with Gasteiger partial charge in [-0.25, -0.2) is 0 Å². The molecule has 9 heteroatoms. The number of thioether (sulfide) groups is 1. The number of ether oxygens (including phenoxy) is 1. The number of nitrogens with zero attached hydrogens (tertiary/aromatic N) is 4. The van der Waals surface area contributed by atoms with Gasteiger partial charge < -0.3 is 14.1 Å². The molecule has 0 saturated carbocycles. The monoisotopic (exact) mass is 482 g/mol. The predicted molar refractivity (Wildman–Crippen MR) is 129 cm³/mol. The van der Waals surface area contributed by atoms with Crippen LogP contribution < -0.4 is 4.74 Å². The van der Waals surface area contributed by atoms with Crippen LogP contribution in [0.25, 0.3) is 17.1 Å². The summed E-state index contributed by atoms with van der Waals surface area (Å²) in [5.74, 6) is 3.10. The molecule has 4 rings (SSSR count). The normalized spacial score (nSPS) is 10.9. The second-order valence-corrected chi connectivity index (χ2v) is 8.78. The number of hydrogen-bond donors (Lipinski definition) is 0. The molecule has 0 bridgehead atoms. The number of benzene rings is 2. The minimum Gasteiger partial charge on any atom is -0.497 e. The molecule has 2 aromatic heterocycles. The van der Waals surface area contributed by atoms with Crippen LogP contribution in [0.5, 0.6) is 5.75 Å². The van der Waals surface area contributed by atoms with Gasteiger partial charge in [0.25, 0.3) is 0 Å². The van der Waals surface area contributed by atoms with Crippen LogP contribution in [0.3, 0.4) is 0 Å². The second kappa shape index (κ2) is 10.1. The van der Waals surface area contributed by atoms with Crippen LogP contribution in [0.2, 0.25) is 5.02 Å². The summed E-state index contributed by atoms with van der Waals surface area (Å²) in [6.07, 6.45) is 0. The smallest absolute Gasteiger partial charge is 0.233 e. The van der Waals surface area contributed by atoms with Crippen molar-refractivity contribution in [3.63, 3.8) is 0 Å². The number of aromatic nitrogens is 3. The van der Waals surface area contributed by atoms with Crippen LogP contribution in [0.15, 0.2) is 70.2 Å². The predicted octanol–water partition coefficient (Wildman–Crippen LogP) is 5.25. The first-order valence-corrected chi connectivity index (χ1v) is 11.6. The van der Waals surface area contributed by atoms with Crippen molar-refractivity contribution in [2.75, 3.05) is 19.9 Å². The fourth-order valence-corrected chi connectivity index (χ4v) is 4.28. The molecule has 1 amide bonds. The van der Waals surface area contributed by atoms with E-state index in [-0.39, 0.29) is 11.7 Å². The molecule has 0 aliphatic carbocycles. The Morgan fingerprint density at radius 3 is 2.64 bits per heavy atom. The fourth-order valence-electron chi connectivity index (χ4n) is 3.26. The van der Waals surface area contributed by atoms with Crippen LogP contribution in [0.1, 0.15) is 11.5 Å². The van der Waals surface area contributed by atoms with Gasteiger partial charge in [-0.1, -0.05) is 35.5 Å². The Hall–Kier alpha value is -3.23. The maximum Gasteiger partial charge on any atom is 0.233 e. The Morgan fingerprint density at radius 1 is 1.15 bits per heavy atom. The van der Waals surface area contributed by atoms with E-state index in [1.165, 1.54) is 11.8 Å². The molecule has 7 nitrogen and oxygen atoms in total. The average Bonchev–Trinajstić information content (AvgIpc) is 3.43. The van der Waals surface area contributed by atoms with Crippen molar-refractivity contribution in [1.82, 2.24) is 19.7 Å². The summed E-state index contributed by atoms with van der Waals surface area (Å²) in [6.45, 7) is 2.29. The van der Waals surface area contributed by atoms with Crippen molar-refractivity contribution in [2.24, 2.45) is 0 Å². The van der Waals surface area contributed by atoms with Crippen LogP contribution in [-0.4, -0.2) is 45.5 Å². The Morgan fingerprint density at radius 2 is 1.94 bits per heavy atom. The molecule has 2 heterocycles. The topological polar surface area (TPSA) is 73.4 Å². The third-order valence-electron chi connectivity index (χ3n) is 4.99. The highest BCUT2D eigenvalue weighted by Gasteiger charge is 2.19. The lowest BCUT2D eigenvalue weighted by Gasteiger charge is -2.16. The fraction of sp³-hybridized carbons (Fsp3) is 0.208. The molecule has 0 radical (unpaired) electrons. The number of carbonyl (C=O) groups is 1. The molecule has 0 saturated heterocycles. The largest absolute Gasteiger partial charge is 0.497 e. The number of amides is 1. The van der Waals surface area contributed by atoms with Crippen LogP contribution in [0, 0.1) is 6.92 Å². The Balaban J connectivity index is 1.59. The quantitative estimate of drug-likeness (QED) is 0.319. The number of aryl methyl sites for hydroxylation is 1. The highest BCUT2D eigenvalue weighted by atomic mass is 35.5. The Kier molecular flexibility index (Phi) is 7.05. The van der Waals surface area contributed by atoms with Crippen molar-refractivity contribution >= 4 is 29.3 Å². The molecule has 0 spiro atoms. The summed E-state index contributed by atoms with van der Waals surface area (Å²) in [6, 6.07) is 18.8. The summed E-state index contributed by atoms with van der Waals surface area (Å²) in [5.41, 5.74) is 1.69. The zero-order chi connectivity index (χ0) is 23.4. The van der Waals surface area contributed by atoms with Gasteiger partial charge in [-0.2, -0.15) is 0 Å². The SMILES string of the molecule is COc1cccc(-c2nnc(SCC(=O)N(C)Cc3ccc(C)o3)n2-c2ccc(Cl)cc2)c1. The van der Waals surface area contributed by atoms with Gasteiger partial charge in [0.05, 0.1) is 19.4 Å². The van der Waals surface area contributed by atoms with E-state index in [4.69, 9.17) is 20.8 Å². The van der Waals surface area contributed by atoms with Crippen molar-refractivity contribution in [1.29, 1.82) is 0 Å². The van der Waals surface area contributed by atoms with Gasteiger partial charge in [-0.15, -0.1) is 10.2 Å². The maximum atomic E-state index is 12.8. The van der Waals surface area contributed by atoms with Crippen molar-refractivity contribution < 1.29 is 13.9 Å². The molecule has 2 aromatic carbocycles. The number of halogens is 1. The Bertz CT molecular complexity index is 1250. The molecule has 0 fully saturated rings. The molecule has 0 unspecified atom stereocenters. The lowest BCUT2D eigenvalue weighted by Crippen LogP contribution is -2.27. The van der Waals surface area contributed by atoms with Gasteiger partial charge in [-0.05, 0) is 55.5 Å². The van der Waals surface area contributed by atoms with Gasteiger partial charge in [0.2, 0.25) is 5.91 Å². The van der Waals surface area contributed by atoms with E-state index in [1.807, 2.05) is 72.2 Å². The van der Waals surface area contributed by atoms with E-state index in [2.05, 4.69) is 10.2 Å². The van der Waals surface area contributed by atoms with Gasteiger partial charge in [0.1, 0.15) is 17.3 Å². The molecule has 170 valence electrons. The Labute approximate surface area is 201 Å². The second-order valence-electron chi connectivity index (χ2n) is 7.40. The van der Waals surface area contributed by atoms with E-state index in [9.17, 15) is 4.79 Å². The highest BCUT2D eigenvalue weighted by molar-refractivity contribution is 7.99. The lowest BCUT2D eigenvalue weighted by molar-refractivity contribution is -0.127. The standard InChI is InChI=1S/C24H23ClN4O3S/c1-16-7-12-21(32-16)14-28(2)22(30)15-33-24-27-26-23(17-5-4-6-20(13-17)31-3)29(24)19-10-8-18(25)9-11-19/h4-13H,14-15H2,1-3H3. The van der Waals surface area contributed by atoms with Crippen molar-refractivity contribution in [3.05, 3.63) is 77.2 Å². The van der Waals surface area contributed by atoms with Crippen LogP contribution in [-0.2, 0) is 11.3 Å². The summed E-state index contributed by atoms with van der Waals surface area (Å²) in [7, 11) is 3.38. The molecule has 0 aliphatic rings. The minimum absolute atomic E-state index is 0.0392. The number of hydrogen-bond acceptors (Lipinski definition) is 6. The zero-order valence-corrected chi connectivity index (χ0v) is 20.1. The molecule has 0 aliphatic heterocycles. The molecule has 33 heavy (non-hydrogen) atoms. The van der Waals surface area contributed by atoms with E-state index in [0.717, 1.165) is 28.5 Å². The lowest BCUT2D eigenvalue weighted by atomic mass is 10.2. The van der Waals surface area contributed by atoms with E-state index in [0.29, 0.717) is 22.5 Å². The third-order valence-corrected chi connectivity index (χ3v) is 6.15. The van der Waals surface area contributed by atoms with Gasteiger partial charge in [-0.3, -0.25) is 9.36 Å². The van der Waals surface area contributed by atoms with Crippen LogP contribution >= 0.6 is 23.4 Å². The average molecular weight is 483 g/mol. The number of rotatable bonds is 8. The minimum atomic E-state index is -0.0392. The molecular formula is C24H23ClN4O3S. The molecule has 0 atom stereocenters. The summed E-state index contributed by atoms with van der Waals surface area (Å²) >= 11 is 7.42. The van der Waals surface area contributed by atoms with Gasteiger partial charge >= 0.3 is 0 Å². The van der Waals surface area contributed by atoms with Crippen molar-refractivity contribution in [3.8, 4) is 22.8 Å². The third kappa shape index (κ3) is 5.40.